The fourth-order valence-corrected chi connectivity index (χ4v) is 1.93. The van der Waals surface area contributed by atoms with Crippen LogP contribution < -0.4 is 5.32 Å². The molecule has 0 amide bonds. The van der Waals surface area contributed by atoms with Gasteiger partial charge in [0, 0.05) is 16.6 Å². The SMILES string of the molecule is CCCNC(COCC)c1ccc(Br)cc1F. The van der Waals surface area contributed by atoms with Crippen molar-refractivity contribution in [3.8, 4) is 0 Å². The van der Waals surface area contributed by atoms with E-state index in [1.807, 2.05) is 13.0 Å². The summed E-state index contributed by atoms with van der Waals surface area (Å²) in [5.74, 6) is -0.201. The largest absolute Gasteiger partial charge is 0.380 e. The second kappa shape index (κ2) is 7.80. The summed E-state index contributed by atoms with van der Waals surface area (Å²) in [6.07, 6.45) is 1.01. The van der Waals surface area contributed by atoms with Crippen LogP contribution in [0.4, 0.5) is 4.39 Å². The van der Waals surface area contributed by atoms with Crippen molar-refractivity contribution in [2.45, 2.75) is 26.3 Å². The van der Waals surface area contributed by atoms with Crippen LogP contribution in [0.3, 0.4) is 0 Å². The van der Waals surface area contributed by atoms with E-state index in [1.54, 1.807) is 6.07 Å². The van der Waals surface area contributed by atoms with Crippen LogP contribution in [-0.2, 0) is 4.74 Å². The maximum atomic E-state index is 13.8. The molecule has 1 rings (SSSR count). The summed E-state index contributed by atoms with van der Waals surface area (Å²) in [4.78, 5) is 0. The van der Waals surface area contributed by atoms with E-state index in [2.05, 4.69) is 28.2 Å². The van der Waals surface area contributed by atoms with E-state index in [0.717, 1.165) is 17.4 Å². The molecule has 0 saturated carbocycles. The lowest BCUT2D eigenvalue weighted by atomic mass is 10.1. The Labute approximate surface area is 111 Å². The van der Waals surface area contributed by atoms with Gasteiger partial charge in [0.2, 0.25) is 0 Å². The number of hydrogen-bond donors (Lipinski definition) is 1. The van der Waals surface area contributed by atoms with Crippen molar-refractivity contribution in [2.75, 3.05) is 19.8 Å². The smallest absolute Gasteiger partial charge is 0.129 e. The van der Waals surface area contributed by atoms with Gasteiger partial charge in [0.05, 0.1) is 12.6 Å². The summed E-state index contributed by atoms with van der Waals surface area (Å²) in [5.41, 5.74) is 0.662. The lowest BCUT2D eigenvalue weighted by Gasteiger charge is -2.19. The first-order valence-corrected chi connectivity index (χ1v) is 6.74. The number of benzene rings is 1. The van der Waals surface area contributed by atoms with Gasteiger partial charge in [0.15, 0.2) is 0 Å². The summed E-state index contributed by atoms with van der Waals surface area (Å²) in [6, 6.07) is 5.06. The number of nitrogens with one attached hydrogen (secondary N) is 1. The van der Waals surface area contributed by atoms with Crippen molar-refractivity contribution >= 4 is 15.9 Å². The first kappa shape index (κ1) is 14.6. The Kier molecular flexibility index (Phi) is 6.70. The molecule has 4 heteroatoms. The molecule has 0 fully saturated rings. The average Bonchev–Trinajstić information content (AvgIpc) is 2.30. The first-order chi connectivity index (χ1) is 8.19. The summed E-state index contributed by atoms with van der Waals surface area (Å²) in [6.45, 7) is 6.02. The summed E-state index contributed by atoms with van der Waals surface area (Å²) in [5, 5.41) is 3.30. The molecule has 1 aromatic rings. The lowest BCUT2D eigenvalue weighted by Crippen LogP contribution is -2.27. The monoisotopic (exact) mass is 303 g/mol. The molecule has 0 spiro atoms. The van der Waals surface area contributed by atoms with Gasteiger partial charge in [-0.15, -0.1) is 0 Å². The molecular weight excluding hydrogens is 285 g/mol. The highest BCUT2D eigenvalue weighted by molar-refractivity contribution is 9.10. The molecule has 0 aliphatic rings. The van der Waals surface area contributed by atoms with Crippen LogP contribution >= 0.6 is 15.9 Å². The van der Waals surface area contributed by atoms with E-state index >= 15 is 0 Å². The van der Waals surface area contributed by atoms with Crippen LogP contribution in [-0.4, -0.2) is 19.8 Å². The predicted octanol–water partition coefficient (Wildman–Crippen LogP) is 3.67. The van der Waals surface area contributed by atoms with Gasteiger partial charge in [-0.25, -0.2) is 4.39 Å². The first-order valence-electron chi connectivity index (χ1n) is 5.95. The van der Waals surface area contributed by atoms with Gasteiger partial charge in [-0.3, -0.25) is 0 Å². The van der Waals surface area contributed by atoms with E-state index in [4.69, 9.17) is 4.74 Å². The molecule has 0 bridgehead atoms. The van der Waals surface area contributed by atoms with Crippen molar-refractivity contribution < 1.29 is 9.13 Å². The minimum atomic E-state index is -0.201. The molecule has 96 valence electrons. The van der Waals surface area contributed by atoms with Crippen molar-refractivity contribution in [1.29, 1.82) is 0 Å². The quantitative estimate of drug-likeness (QED) is 0.830. The molecule has 0 aliphatic heterocycles. The third kappa shape index (κ3) is 4.74. The van der Waals surface area contributed by atoms with Gasteiger partial charge in [0.1, 0.15) is 5.82 Å². The van der Waals surface area contributed by atoms with Crippen molar-refractivity contribution in [3.63, 3.8) is 0 Å². The zero-order valence-corrected chi connectivity index (χ0v) is 11.9. The molecular formula is C13H19BrFNO. The molecule has 0 heterocycles. The second-order valence-electron chi connectivity index (χ2n) is 3.83. The maximum absolute atomic E-state index is 13.8. The zero-order valence-electron chi connectivity index (χ0n) is 10.3. The summed E-state index contributed by atoms with van der Waals surface area (Å²) >= 11 is 3.26. The standard InChI is InChI=1S/C13H19BrFNO/c1-3-7-16-13(9-17-4-2)11-6-5-10(14)8-12(11)15/h5-6,8,13,16H,3-4,7,9H2,1-2H3. The number of hydrogen-bond acceptors (Lipinski definition) is 2. The fraction of sp³-hybridized carbons (Fsp3) is 0.538. The molecule has 0 saturated heterocycles. The molecule has 1 aromatic carbocycles. The van der Waals surface area contributed by atoms with Crippen LogP contribution in [0.2, 0.25) is 0 Å². The van der Waals surface area contributed by atoms with E-state index in [9.17, 15) is 4.39 Å². The summed E-state index contributed by atoms with van der Waals surface area (Å²) < 4.78 is 20.0. The normalized spacial score (nSPS) is 12.7. The maximum Gasteiger partial charge on any atom is 0.129 e. The minimum absolute atomic E-state index is 0.0806. The van der Waals surface area contributed by atoms with E-state index in [0.29, 0.717) is 18.8 Å². The average molecular weight is 304 g/mol. The van der Waals surface area contributed by atoms with E-state index < -0.39 is 0 Å². The van der Waals surface area contributed by atoms with Crippen LogP contribution in [0.15, 0.2) is 22.7 Å². The Balaban J connectivity index is 2.79. The second-order valence-corrected chi connectivity index (χ2v) is 4.75. The van der Waals surface area contributed by atoms with Gasteiger partial charge in [-0.2, -0.15) is 0 Å². The summed E-state index contributed by atoms with van der Waals surface area (Å²) in [7, 11) is 0. The van der Waals surface area contributed by atoms with Gasteiger partial charge >= 0.3 is 0 Å². The highest BCUT2D eigenvalue weighted by Crippen LogP contribution is 2.21. The minimum Gasteiger partial charge on any atom is -0.380 e. The molecule has 1 atom stereocenters. The fourth-order valence-electron chi connectivity index (χ4n) is 1.60. The van der Waals surface area contributed by atoms with Crippen molar-refractivity contribution in [1.82, 2.24) is 5.32 Å². The number of halogens is 2. The molecule has 1 unspecified atom stereocenters. The van der Waals surface area contributed by atoms with Crippen LogP contribution in [0.5, 0.6) is 0 Å². The molecule has 2 nitrogen and oxygen atoms in total. The Morgan fingerprint density at radius 1 is 1.41 bits per heavy atom. The molecule has 0 aromatic heterocycles. The van der Waals surface area contributed by atoms with Crippen molar-refractivity contribution in [2.24, 2.45) is 0 Å². The highest BCUT2D eigenvalue weighted by Gasteiger charge is 2.15. The number of rotatable bonds is 7. The highest BCUT2D eigenvalue weighted by atomic mass is 79.9. The van der Waals surface area contributed by atoms with Gasteiger partial charge < -0.3 is 10.1 Å². The Hall–Kier alpha value is -0.450. The predicted molar refractivity (Wildman–Crippen MR) is 71.6 cm³/mol. The van der Waals surface area contributed by atoms with Crippen LogP contribution in [0.25, 0.3) is 0 Å². The topological polar surface area (TPSA) is 21.3 Å². The molecule has 1 N–H and O–H groups in total. The molecule has 0 aliphatic carbocycles. The van der Waals surface area contributed by atoms with Crippen molar-refractivity contribution in [3.05, 3.63) is 34.1 Å². The Morgan fingerprint density at radius 3 is 2.76 bits per heavy atom. The number of ether oxygens (including phenoxy) is 1. The molecule has 0 radical (unpaired) electrons. The lowest BCUT2D eigenvalue weighted by molar-refractivity contribution is 0.122. The third-order valence-electron chi connectivity index (χ3n) is 2.47. The van der Waals surface area contributed by atoms with Gasteiger partial charge in [-0.05, 0) is 32.0 Å². The van der Waals surface area contributed by atoms with Gasteiger partial charge in [0.25, 0.3) is 0 Å². The van der Waals surface area contributed by atoms with Crippen LogP contribution in [0.1, 0.15) is 31.9 Å². The third-order valence-corrected chi connectivity index (χ3v) is 2.96. The van der Waals surface area contributed by atoms with E-state index in [1.165, 1.54) is 6.07 Å². The van der Waals surface area contributed by atoms with Gasteiger partial charge in [-0.1, -0.05) is 28.9 Å². The van der Waals surface area contributed by atoms with Crippen LogP contribution in [0, 0.1) is 5.82 Å². The zero-order chi connectivity index (χ0) is 12.7. The Bertz CT molecular complexity index is 338. The van der Waals surface area contributed by atoms with E-state index in [-0.39, 0.29) is 11.9 Å². The molecule has 17 heavy (non-hydrogen) atoms. The Morgan fingerprint density at radius 2 is 2.18 bits per heavy atom.